The summed E-state index contributed by atoms with van der Waals surface area (Å²) >= 11 is 0. The van der Waals surface area contributed by atoms with Crippen LogP contribution in [-0.4, -0.2) is 30.7 Å². The van der Waals surface area contributed by atoms with Gasteiger partial charge >= 0.3 is 0 Å². The maximum absolute atomic E-state index is 3.78. The van der Waals surface area contributed by atoms with Gasteiger partial charge in [0.05, 0.1) is 0 Å². The minimum absolute atomic E-state index is 0.675. The first-order chi connectivity index (χ1) is 6.39. The van der Waals surface area contributed by atoms with Gasteiger partial charge in [0, 0.05) is 38.1 Å². The largest absolute Gasteiger partial charge is 0.314 e. The van der Waals surface area contributed by atoms with Crippen molar-refractivity contribution in [3.8, 4) is 0 Å². The zero-order valence-electron chi connectivity index (χ0n) is 8.03. The molecule has 1 aromatic heterocycles. The fraction of sp³-hybridized carbons (Fsp3) is 0.500. The Morgan fingerprint density at radius 2 is 1.92 bits per heavy atom. The van der Waals surface area contributed by atoms with Crippen molar-refractivity contribution in [2.75, 3.05) is 19.6 Å². The molecule has 0 radical (unpaired) electrons. The van der Waals surface area contributed by atoms with Crippen molar-refractivity contribution < 1.29 is 0 Å². The molecule has 1 fully saturated rings. The van der Waals surface area contributed by atoms with Crippen LogP contribution >= 0.6 is 0 Å². The molecular formula is C10H17N3. The zero-order valence-corrected chi connectivity index (χ0v) is 8.03. The third-order valence-corrected chi connectivity index (χ3v) is 1.81. The van der Waals surface area contributed by atoms with Gasteiger partial charge in [0.25, 0.3) is 0 Å². The van der Waals surface area contributed by atoms with E-state index in [4.69, 9.17) is 0 Å². The lowest BCUT2D eigenvalue weighted by Gasteiger charge is -2.19. The van der Waals surface area contributed by atoms with Gasteiger partial charge in [-0.15, -0.1) is 0 Å². The van der Waals surface area contributed by atoms with Gasteiger partial charge in [-0.2, -0.15) is 0 Å². The standard InChI is InChI=1S/C5H12N2.C5H5N/c1-5-4-6-2-3-7-5;1-2-4-6-5-3-1/h5-7H,2-4H2,1H3;1-5H. The predicted octanol–water partition coefficient (Wildman–Crippen LogP) is 0.649. The molecule has 2 heterocycles. The summed E-state index contributed by atoms with van der Waals surface area (Å²) in [6.45, 7) is 5.57. The second-order valence-corrected chi connectivity index (χ2v) is 3.08. The van der Waals surface area contributed by atoms with Gasteiger partial charge < -0.3 is 10.6 Å². The van der Waals surface area contributed by atoms with E-state index >= 15 is 0 Å². The lowest BCUT2D eigenvalue weighted by Crippen LogP contribution is -2.46. The van der Waals surface area contributed by atoms with Crippen molar-refractivity contribution in [3.05, 3.63) is 30.6 Å². The highest BCUT2D eigenvalue weighted by Gasteiger charge is 2.03. The van der Waals surface area contributed by atoms with Crippen molar-refractivity contribution in [2.24, 2.45) is 0 Å². The maximum Gasteiger partial charge on any atom is 0.0267 e. The molecule has 0 aliphatic carbocycles. The van der Waals surface area contributed by atoms with Crippen LogP contribution in [0.3, 0.4) is 0 Å². The monoisotopic (exact) mass is 179 g/mol. The van der Waals surface area contributed by atoms with Crippen LogP contribution in [0.2, 0.25) is 0 Å². The zero-order chi connectivity index (χ0) is 9.36. The maximum atomic E-state index is 3.78. The molecule has 1 aromatic rings. The van der Waals surface area contributed by atoms with Crippen LogP contribution in [0, 0.1) is 0 Å². The fourth-order valence-electron chi connectivity index (χ4n) is 1.11. The van der Waals surface area contributed by atoms with E-state index in [0.29, 0.717) is 6.04 Å². The van der Waals surface area contributed by atoms with E-state index in [1.54, 1.807) is 12.4 Å². The Morgan fingerprint density at radius 1 is 1.15 bits per heavy atom. The molecule has 0 spiro atoms. The van der Waals surface area contributed by atoms with Crippen molar-refractivity contribution in [2.45, 2.75) is 13.0 Å². The average Bonchev–Trinajstić information content (AvgIpc) is 2.22. The van der Waals surface area contributed by atoms with Crippen molar-refractivity contribution in [1.29, 1.82) is 0 Å². The minimum atomic E-state index is 0.675. The van der Waals surface area contributed by atoms with E-state index in [0.717, 1.165) is 19.6 Å². The molecule has 1 unspecified atom stereocenters. The Bertz CT molecular complexity index is 168. The number of hydrogen-bond acceptors (Lipinski definition) is 3. The van der Waals surface area contributed by atoms with Crippen LogP contribution in [0.4, 0.5) is 0 Å². The molecule has 0 amide bonds. The normalized spacial score (nSPS) is 21.5. The highest BCUT2D eigenvalue weighted by molar-refractivity contribution is 4.88. The second-order valence-electron chi connectivity index (χ2n) is 3.08. The van der Waals surface area contributed by atoms with Gasteiger partial charge in [0.2, 0.25) is 0 Å². The highest BCUT2D eigenvalue weighted by Crippen LogP contribution is 1.80. The smallest absolute Gasteiger partial charge is 0.0267 e. The molecule has 0 bridgehead atoms. The number of nitrogens with one attached hydrogen (secondary N) is 2. The summed E-state index contributed by atoms with van der Waals surface area (Å²) in [6.07, 6.45) is 3.50. The molecule has 1 aliphatic rings. The van der Waals surface area contributed by atoms with E-state index in [1.165, 1.54) is 0 Å². The predicted molar refractivity (Wildman–Crippen MR) is 54.6 cm³/mol. The van der Waals surface area contributed by atoms with Gasteiger partial charge in [-0.25, -0.2) is 0 Å². The molecule has 2 N–H and O–H groups in total. The van der Waals surface area contributed by atoms with Crippen LogP contribution in [0.15, 0.2) is 30.6 Å². The number of pyridine rings is 1. The molecule has 0 saturated carbocycles. The Hall–Kier alpha value is -0.930. The van der Waals surface area contributed by atoms with E-state index in [-0.39, 0.29) is 0 Å². The van der Waals surface area contributed by atoms with Gasteiger partial charge in [0.15, 0.2) is 0 Å². The van der Waals surface area contributed by atoms with Crippen LogP contribution in [0.1, 0.15) is 6.92 Å². The van der Waals surface area contributed by atoms with E-state index in [9.17, 15) is 0 Å². The van der Waals surface area contributed by atoms with Crippen LogP contribution in [0.25, 0.3) is 0 Å². The lowest BCUT2D eigenvalue weighted by molar-refractivity contribution is 0.442. The molecule has 1 saturated heterocycles. The summed E-state index contributed by atoms with van der Waals surface area (Å²) in [7, 11) is 0. The Kier molecular flexibility index (Phi) is 5.13. The average molecular weight is 179 g/mol. The molecule has 72 valence electrons. The summed E-state index contributed by atoms with van der Waals surface area (Å²) in [4.78, 5) is 3.78. The van der Waals surface area contributed by atoms with Gasteiger partial charge in [0.1, 0.15) is 0 Å². The summed E-state index contributed by atoms with van der Waals surface area (Å²) < 4.78 is 0. The number of aromatic nitrogens is 1. The third-order valence-electron chi connectivity index (χ3n) is 1.81. The van der Waals surface area contributed by atoms with E-state index in [2.05, 4.69) is 22.5 Å². The first-order valence-electron chi connectivity index (χ1n) is 4.68. The number of rotatable bonds is 0. The number of piperazine rings is 1. The summed E-state index contributed by atoms with van der Waals surface area (Å²) in [5.41, 5.74) is 0. The molecule has 0 aromatic carbocycles. The quantitative estimate of drug-likeness (QED) is 0.614. The third kappa shape index (κ3) is 5.33. The van der Waals surface area contributed by atoms with E-state index in [1.807, 2.05) is 18.2 Å². The molecule has 3 heteroatoms. The molecule has 1 aliphatic heterocycles. The highest BCUT2D eigenvalue weighted by atomic mass is 15.0. The lowest BCUT2D eigenvalue weighted by atomic mass is 10.3. The SMILES string of the molecule is CC1CNCCN1.c1ccncc1. The van der Waals surface area contributed by atoms with E-state index < -0.39 is 0 Å². The Morgan fingerprint density at radius 3 is 2.15 bits per heavy atom. The summed E-state index contributed by atoms with van der Waals surface area (Å²) in [5, 5.41) is 6.59. The van der Waals surface area contributed by atoms with Crippen LogP contribution < -0.4 is 10.6 Å². The molecule has 2 rings (SSSR count). The van der Waals surface area contributed by atoms with Crippen molar-refractivity contribution in [1.82, 2.24) is 15.6 Å². The first kappa shape index (κ1) is 10.2. The number of hydrogen-bond donors (Lipinski definition) is 2. The Labute approximate surface area is 79.6 Å². The Balaban J connectivity index is 0.000000132. The molecule has 3 nitrogen and oxygen atoms in total. The van der Waals surface area contributed by atoms with Crippen molar-refractivity contribution >= 4 is 0 Å². The van der Waals surface area contributed by atoms with Crippen LogP contribution in [0.5, 0.6) is 0 Å². The van der Waals surface area contributed by atoms with Gasteiger partial charge in [-0.3, -0.25) is 4.98 Å². The summed E-state index contributed by atoms with van der Waals surface area (Å²) in [6, 6.07) is 6.39. The topological polar surface area (TPSA) is 37.0 Å². The second kappa shape index (κ2) is 6.57. The first-order valence-corrected chi connectivity index (χ1v) is 4.68. The van der Waals surface area contributed by atoms with Gasteiger partial charge in [-0.05, 0) is 19.1 Å². The molecular weight excluding hydrogens is 162 g/mol. The molecule has 13 heavy (non-hydrogen) atoms. The minimum Gasteiger partial charge on any atom is -0.314 e. The molecule has 1 atom stereocenters. The van der Waals surface area contributed by atoms with Crippen molar-refractivity contribution in [3.63, 3.8) is 0 Å². The van der Waals surface area contributed by atoms with Crippen LogP contribution in [-0.2, 0) is 0 Å². The fourth-order valence-corrected chi connectivity index (χ4v) is 1.11. The summed E-state index contributed by atoms with van der Waals surface area (Å²) in [5.74, 6) is 0. The van der Waals surface area contributed by atoms with Gasteiger partial charge in [-0.1, -0.05) is 6.07 Å². The number of nitrogens with zero attached hydrogens (tertiary/aromatic N) is 1.